The lowest BCUT2D eigenvalue weighted by Gasteiger charge is -2.14. The minimum atomic E-state index is -5.04. The second-order valence-electron chi connectivity index (χ2n) is 5.69. The molecule has 0 aliphatic carbocycles. The molecule has 0 saturated carbocycles. The summed E-state index contributed by atoms with van der Waals surface area (Å²) in [7, 11) is -5.04. The molecule has 0 spiro atoms. The number of azo groups is 1. The molecule has 0 radical (unpaired) electrons. The Balaban J connectivity index is 2.30. The van der Waals surface area contributed by atoms with Crippen LogP contribution in [-0.4, -0.2) is 19.8 Å². The summed E-state index contributed by atoms with van der Waals surface area (Å²) in [5, 5.41) is 28.9. The summed E-state index contributed by atoms with van der Waals surface area (Å²) in [5.74, 6) is -0.907. The normalized spacial score (nSPS) is 11.6. The molecule has 0 saturated heterocycles. The fourth-order valence-electron chi connectivity index (χ4n) is 2.63. The number of nitro benzene ring substituents is 1. The van der Waals surface area contributed by atoms with E-state index in [1.165, 1.54) is 12.1 Å². The van der Waals surface area contributed by atoms with Gasteiger partial charge in [-0.05, 0) is 17.7 Å². The van der Waals surface area contributed by atoms with E-state index in [-0.39, 0.29) is 11.1 Å². The lowest BCUT2D eigenvalue weighted by Crippen LogP contribution is -2.09. The monoisotopic (exact) mass is 399 g/mol. The van der Waals surface area contributed by atoms with Gasteiger partial charge in [-0.3, -0.25) is 14.7 Å². The van der Waals surface area contributed by atoms with Gasteiger partial charge in [0.2, 0.25) is 0 Å². The Labute approximate surface area is 158 Å². The maximum atomic E-state index is 12.0. The molecule has 3 N–H and O–H groups in total. The first-order valence-electron chi connectivity index (χ1n) is 7.91. The summed E-state index contributed by atoms with van der Waals surface area (Å²) >= 11 is 0. The van der Waals surface area contributed by atoms with Crippen LogP contribution in [0.5, 0.6) is 5.75 Å². The number of rotatable bonds is 5. The number of hydrogen-bond donors (Lipinski definition) is 3. The molecule has 28 heavy (non-hydrogen) atoms. The van der Waals surface area contributed by atoms with Gasteiger partial charge in [0.15, 0.2) is 0 Å². The van der Waals surface area contributed by atoms with Gasteiger partial charge in [-0.2, -0.15) is 5.11 Å². The fourth-order valence-corrected chi connectivity index (χ4v) is 3.43. The summed E-state index contributed by atoms with van der Waals surface area (Å²) in [4.78, 5) is 30.3. The highest BCUT2D eigenvalue weighted by molar-refractivity contribution is 7.61. The molecule has 0 fully saturated rings. The van der Waals surface area contributed by atoms with Gasteiger partial charge in [0, 0.05) is 6.07 Å². The van der Waals surface area contributed by atoms with Crippen LogP contribution in [0.4, 0.5) is 17.1 Å². The molecular formula is C18H14N3O6P. The lowest BCUT2D eigenvalue weighted by molar-refractivity contribution is -0.384. The zero-order valence-electron chi connectivity index (χ0n) is 14.2. The van der Waals surface area contributed by atoms with Crippen molar-refractivity contribution in [2.24, 2.45) is 10.2 Å². The van der Waals surface area contributed by atoms with Crippen LogP contribution in [0, 0.1) is 10.1 Å². The molecule has 10 heteroatoms. The third-order valence-electron chi connectivity index (χ3n) is 3.81. The van der Waals surface area contributed by atoms with Gasteiger partial charge in [-0.1, -0.05) is 48.5 Å². The van der Waals surface area contributed by atoms with Crippen molar-refractivity contribution in [1.82, 2.24) is 0 Å². The van der Waals surface area contributed by atoms with Crippen molar-refractivity contribution in [1.29, 1.82) is 0 Å². The Hall–Kier alpha value is -3.39. The minimum Gasteiger partial charge on any atom is -0.506 e. The van der Waals surface area contributed by atoms with Crippen LogP contribution < -0.4 is 5.30 Å². The van der Waals surface area contributed by atoms with Crippen LogP contribution in [0.1, 0.15) is 0 Å². The molecule has 9 nitrogen and oxygen atoms in total. The highest BCUT2D eigenvalue weighted by atomic mass is 31.2. The molecule has 142 valence electrons. The largest absolute Gasteiger partial charge is 0.506 e. The number of nitro groups is 1. The highest BCUT2D eigenvalue weighted by Gasteiger charge is 2.34. The van der Waals surface area contributed by atoms with Gasteiger partial charge in [0.05, 0.1) is 10.6 Å². The van der Waals surface area contributed by atoms with Crippen LogP contribution in [0.3, 0.4) is 0 Å². The molecule has 0 bridgehead atoms. The van der Waals surface area contributed by atoms with Crippen molar-refractivity contribution >= 4 is 30.0 Å². The first-order valence-corrected chi connectivity index (χ1v) is 9.53. The van der Waals surface area contributed by atoms with E-state index in [0.717, 1.165) is 6.07 Å². The number of aromatic hydroxyl groups is 1. The van der Waals surface area contributed by atoms with E-state index in [1.54, 1.807) is 48.5 Å². The van der Waals surface area contributed by atoms with E-state index in [1.807, 2.05) is 0 Å². The van der Waals surface area contributed by atoms with Gasteiger partial charge < -0.3 is 14.9 Å². The Bertz CT molecular complexity index is 1100. The average Bonchev–Trinajstić information content (AvgIpc) is 2.66. The van der Waals surface area contributed by atoms with Crippen LogP contribution in [0.2, 0.25) is 0 Å². The molecule has 3 rings (SSSR count). The zero-order chi connectivity index (χ0) is 20.3. The quantitative estimate of drug-likeness (QED) is 0.254. The summed E-state index contributed by atoms with van der Waals surface area (Å²) < 4.78 is 12.0. The second kappa shape index (κ2) is 7.69. The minimum absolute atomic E-state index is 0.230. The van der Waals surface area contributed by atoms with Crippen molar-refractivity contribution in [2.75, 3.05) is 0 Å². The lowest BCUT2D eigenvalue weighted by atomic mass is 10.0. The predicted octanol–water partition coefficient (Wildman–Crippen LogP) is 4.19. The van der Waals surface area contributed by atoms with Gasteiger partial charge in [-0.15, -0.1) is 5.11 Å². The van der Waals surface area contributed by atoms with E-state index in [0.29, 0.717) is 5.69 Å². The Kier molecular flexibility index (Phi) is 5.32. The fraction of sp³-hybridized carbons (Fsp3) is 0. The molecule has 0 aromatic heterocycles. The molecule has 0 aliphatic rings. The second-order valence-corrected chi connectivity index (χ2v) is 7.23. The summed E-state index contributed by atoms with van der Waals surface area (Å²) in [6.07, 6.45) is 0. The van der Waals surface area contributed by atoms with Gasteiger partial charge in [0.1, 0.15) is 22.3 Å². The van der Waals surface area contributed by atoms with Crippen LogP contribution in [0.15, 0.2) is 77.0 Å². The van der Waals surface area contributed by atoms with E-state index in [4.69, 9.17) is 0 Å². The SMILES string of the molecule is O=[N+]([O-])c1cc(N=Nc2ccccc2)c(P(=O)(O)O)c(O)c1-c1ccccc1. The van der Waals surface area contributed by atoms with Crippen molar-refractivity contribution in [3.05, 3.63) is 76.8 Å². The maximum Gasteiger partial charge on any atom is 0.362 e. The summed E-state index contributed by atoms with van der Waals surface area (Å²) in [5.41, 5.74) is -0.743. The third-order valence-corrected chi connectivity index (χ3v) is 4.84. The molecular weight excluding hydrogens is 385 g/mol. The highest BCUT2D eigenvalue weighted by Crippen LogP contribution is 2.48. The van der Waals surface area contributed by atoms with Crippen molar-refractivity contribution < 1.29 is 24.4 Å². The molecule has 3 aromatic rings. The average molecular weight is 399 g/mol. The Morgan fingerprint density at radius 2 is 1.50 bits per heavy atom. The van der Waals surface area contributed by atoms with Crippen LogP contribution in [0.25, 0.3) is 11.1 Å². The van der Waals surface area contributed by atoms with Crippen LogP contribution >= 0.6 is 7.60 Å². The van der Waals surface area contributed by atoms with Crippen LogP contribution in [-0.2, 0) is 4.57 Å². The maximum absolute atomic E-state index is 12.0. The van der Waals surface area contributed by atoms with Gasteiger partial charge in [-0.25, -0.2) is 0 Å². The number of hydrogen-bond acceptors (Lipinski definition) is 6. The zero-order valence-corrected chi connectivity index (χ0v) is 15.1. The molecule has 0 unspecified atom stereocenters. The molecule has 0 heterocycles. The number of nitrogens with zero attached hydrogens (tertiary/aromatic N) is 3. The van der Waals surface area contributed by atoms with E-state index in [2.05, 4.69) is 10.2 Å². The van der Waals surface area contributed by atoms with E-state index < -0.39 is 34.9 Å². The first-order chi connectivity index (χ1) is 13.3. The Morgan fingerprint density at radius 1 is 0.929 bits per heavy atom. The topological polar surface area (TPSA) is 146 Å². The van der Waals surface area contributed by atoms with Gasteiger partial charge in [0.25, 0.3) is 5.69 Å². The molecule has 0 atom stereocenters. The van der Waals surface area contributed by atoms with Crippen molar-refractivity contribution in [2.45, 2.75) is 0 Å². The Morgan fingerprint density at radius 3 is 2.04 bits per heavy atom. The third kappa shape index (κ3) is 3.96. The predicted molar refractivity (Wildman–Crippen MR) is 102 cm³/mol. The molecule has 0 amide bonds. The number of phenols is 1. The van der Waals surface area contributed by atoms with E-state index >= 15 is 0 Å². The smallest absolute Gasteiger partial charge is 0.362 e. The standard InChI is InChI=1S/C18H14N3O6P/c22-17-16(12-7-3-1-4-8-12)15(21(23)24)11-14(18(17)28(25,26)27)20-19-13-9-5-2-6-10-13/h1-11,22H,(H2,25,26,27). The number of benzene rings is 3. The van der Waals surface area contributed by atoms with Crippen molar-refractivity contribution in [3.8, 4) is 16.9 Å². The summed E-state index contributed by atoms with van der Waals surface area (Å²) in [6.45, 7) is 0. The van der Waals surface area contributed by atoms with Gasteiger partial charge >= 0.3 is 7.60 Å². The molecule has 0 aliphatic heterocycles. The summed E-state index contributed by atoms with van der Waals surface area (Å²) in [6, 6.07) is 17.0. The molecule has 3 aromatic carbocycles. The van der Waals surface area contributed by atoms with E-state index in [9.17, 15) is 29.6 Å². The van der Waals surface area contributed by atoms with Crippen molar-refractivity contribution in [3.63, 3.8) is 0 Å². The first kappa shape index (κ1) is 19.4. The number of phenolic OH excluding ortho intramolecular Hbond substituents is 1.